The van der Waals surface area contributed by atoms with Crippen LogP contribution in [0, 0.1) is 0 Å². The smallest absolute Gasteiger partial charge is 0.224 e. The van der Waals surface area contributed by atoms with Gasteiger partial charge in [0.25, 0.3) is 0 Å². The van der Waals surface area contributed by atoms with E-state index in [-0.39, 0.29) is 12.5 Å². The van der Waals surface area contributed by atoms with E-state index < -0.39 is 5.60 Å². The highest BCUT2D eigenvalue weighted by molar-refractivity contribution is 5.94. The largest absolute Gasteiger partial charge is 0.491 e. The molecule has 1 aromatic rings. The van der Waals surface area contributed by atoms with Crippen molar-refractivity contribution in [2.45, 2.75) is 45.1 Å². The van der Waals surface area contributed by atoms with Gasteiger partial charge in [-0.1, -0.05) is 19.9 Å². The number of hydrogen-bond acceptors (Lipinski definition) is 3. The summed E-state index contributed by atoms with van der Waals surface area (Å²) in [5.74, 6) is 0.726. The van der Waals surface area contributed by atoms with E-state index in [1.54, 1.807) is 0 Å². The van der Waals surface area contributed by atoms with Crippen molar-refractivity contribution >= 4 is 11.6 Å². The summed E-state index contributed by atoms with van der Waals surface area (Å²) in [6.07, 6.45) is 2.63. The van der Waals surface area contributed by atoms with E-state index in [1.807, 2.05) is 32.0 Å². The molecule has 0 saturated carbocycles. The molecule has 1 heterocycles. The predicted octanol–water partition coefficient (Wildman–Crippen LogP) is 2.50. The fraction of sp³-hybridized carbons (Fsp3) is 0.533. The fourth-order valence-corrected chi connectivity index (χ4v) is 2.11. The molecule has 0 unspecified atom stereocenters. The summed E-state index contributed by atoms with van der Waals surface area (Å²) in [5, 5.41) is 13.0. The Labute approximate surface area is 113 Å². The number of fused-ring (bicyclic) bond motifs is 1. The van der Waals surface area contributed by atoms with Crippen LogP contribution in [-0.2, 0) is 11.2 Å². The Morgan fingerprint density at radius 3 is 2.74 bits per heavy atom. The highest BCUT2D eigenvalue weighted by atomic mass is 16.5. The molecule has 19 heavy (non-hydrogen) atoms. The quantitative estimate of drug-likeness (QED) is 0.858. The Morgan fingerprint density at radius 2 is 2.05 bits per heavy atom. The molecule has 4 heteroatoms. The third kappa shape index (κ3) is 3.26. The standard InChI is InChI=1S/C15H21NO3/c1-3-15(18,4-2)10-19-12-7-5-11-6-8-14(17)16-13(11)9-12/h5,7,9,18H,3-4,6,8,10H2,1-2H3,(H,16,17). The van der Waals surface area contributed by atoms with E-state index in [9.17, 15) is 9.90 Å². The Balaban J connectivity index is 2.06. The summed E-state index contributed by atoms with van der Waals surface area (Å²) in [6, 6.07) is 5.70. The van der Waals surface area contributed by atoms with Gasteiger partial charge in [-0.3, -0.25) is 4.79 Å². The Kier molecular flexibility index (Phi) is 4.10. The topological polar surface area (TPSA) is 58.6 Å². The molecule has 1 amide bonds. The zero-order valence-corrected chi connectivity index (χ0v) is 11.5. The Morgan fingerprint density at radius 1 is 1.32 bits per heavy atom. The number of rotatable bonds is 5. The van der Waals surface area contributed by atoms with Crippen molar-refractivity contribution in [3.05, 3.63) is 23.8 Å². The first-order valence-corrected chi connectivity index (χ1v) is 6.84. The molecule has 4 nitrogen and oxygen atoms in total. The number of aliphatic hydroxyl groups is 1. The molecular weight excluding hydrogens is 242 g/mol. The van der Waals surface area contributed by atoms with Crippen molar-refractivity contribution in [3.8, 4) is 5.75 Å². The van der Waals surface area contributed by atoms with Crippen LogP contribution in [0.15, 0.2) is 18.2 Å². The van der Waals surface area contributed by atoms with Gasteiger partial charge in [-0.05, 0) is 30.9 Å². The van der Waals surface area contributed by atoms with E-state index in [2.05, 4.69) is 5.32 Å². The molecule has 2 rings (SSSR count). The molecule has 0 saturated heterocycles. The van der Waals surface area contributed by atoms with Gasteiger partial charge in [-0.2, -0.15) is 0 Å². The summed E-state index contributed by atoms with van der Waals surface area (Å²) >= 11 is 0. The van der Waals surface area contributed by atoms with Crippen LogP contribution in [0.4, 0.5) is 5.69 Å². The van der Waals surface area contributed by atoms with Gasteiger partial charge in [0.1, 0.15) is 12.4 Å². The van der Waals surface area contributed by atoms with Crippen molar-refractivity contribution in [1.82, 2.24) is 0 Å². The summed E-state index contributed by atoms with van der Waals surface area (Å²) in [6.45, 7) is 4.16. The molecule has 1 aliphatic heterocycles. The molecular formula is C15H21NO3. The lowest BCUT2D eigenvalue weighted by Crippen LogP contribution is -2.34. The molecule has 0 aliphatic carbocycles. The number of benzene rings is 1. The lowest BCUT2D eigenvalue weighted by molar-refractivity contribution is -0.116. The van der Waals surface area contributed by atoms with Crippen LogP contribution in [0.5, 0.6) is 5.75 Å². The number of ether oxygens (including phenoxy) is 1. The average Bonchev–Trinajstić information content (AvgIpc) is 2.44. The molecule has 0 atom stereocenters. The average molecular weight is 263 g/mol. The SMILES string of the molecule is CCC(O)(CC)COc1ccc2c(c1)NC(=O)CC2. The first-order valence-electron chi connectivity index (χ1n) is 6.84. The zero-order chi connectivity index (χ0) is 13.9. The zero-order valence-electron chi connectivity index (χ0n) is 11.5. The number of amides is 1. The molecule has 1 aromatic carbocycles. The second-order valence-electron chi connectivity index (χ2n) is 5.09. The van der Waals surface area contributed by atoms with Gasteiger partial charge in [0.15, 0.2) is 0 Å². The van der Waals surface area contributed by atoms with Crippen LogP contribution >= 0.6 is 0 Å². The summed E-state index contributed by atoms with van der Waals surface area (Å²) in [4.78, 5) is 11.4. The van der Waals surface area contributed by atoms with Crippen LogP contribution in [-0.4, -0.2) is 23.2 Å². The van der Waals surface area contributed by atoms with Gasteiger partial charge in [0.2, 0.25) is 5.91 Å². The van der Waals surface area contributed by atoms with Crippen molar-refractivity contribution in [2.24, 2.45) is 0 Å². The van der Waals surface area contributed by atoms with Crippen molar-refractivity contribution in [1.29, 1.82) is 0 Å². The first kappa shape index (κ1) is 13.9. The Bertz CT molecular complexity index is 466. The van der Waals surface area contributed by atoms with E-state index in [1.165, 1.54) is 0 Å². The fourth-order valence-electron chi connectivity index (χ4n) is 2.11. The number of nitrogens with one attached hydrogen (secondary N) is 1. The van der Waals surface area contributed by atoms with Crippen LogP contribution in [0.25, 0.3) is 0 Å². The maximum absolute atomic E-state index is 11.4. The summed E-state index contributed by atoms with van der Waals surface area (Å²) in [7, 11) is 0. The van der Waals surface area contributed by atoms with Crippen LogP contribution < -0.4 is 10.1 Å². The number of carbonyl (C=O) groups is 1. The maximum Gasteiger partial charge on any atom is 0.224 e. The molecule has 0 fully saturated rings. The van der Waals surface area contributed by atoms with E-state index in [0.29, 0.717) is 25.0 Å². The second-order valence-corrected chi connectivity index (χ2v) is 5.09. The number of hydrogen-bond donors (Lipinski definition) is 2. The minimum absolute atomic E-state index is 0.0447. The molecule has 0 spiro atoms. The number of aryl methyl sites for hydroxylation is 1. The van der Waals surface area contributed by atoms with Crippen molar-refractivity contribution in [2.75, 3.05) is 11.9 Å². The predicted molar refractivity (Wildman–Crippen MR) is 74.4 cm³/mol. The van der Waals surface area contributed by atoms with Gasteiger partial charge in [0, 0.05) is 18.2 Å². The van der Waals surface area contributed by atoms with Crippen molar-refractivity contribution in [3.63, 3.8) is 0 Å². The van der Waals surface area contributed by atoms with Crippen LogP contribution in [0.2, 0.25) is 0 Å². The van der Waals surface area contributed by atoms with Gasteiger partial charge in [0.05, 0.1) is 5.60 Å². The lowest BCUT2D eigenvalue weighted by Gasteiger charge is -2.25. The van der Waals surface area contributed by atoms with Gasteiger partial charge >= 0.3 is 0 Å². The Hall–Kier alpha value is -1.55. The third-order valence-corrected chi connectivity index (χ3v) is 3.80. The third-order valence-electron chi connectivity index (χ3n) is 3.80. The maximum atomic E-state index is 11.4. The second kappa shape index (κ2) is 5.61. The van der Waals surface area contributed by atoms with E-state index in [4.69, 9.17) is 4.74 Å². The molecule has 1 aliphatic rings. The minimum atomic E-state index is -0.779. The highest BCUT2D eigenvalue weighted by Crippen LogP contribution is 2.28. The molecule has 0 radical (unpaired) electrons. The lowest BCUT2D eigenvalue weighted by atomic mass is 9.99. The van der Waals surface area contributed by atoms with Gasteiger partial charge in [-0.25, -0.2) is 0 Å². The molecule has 104 valence electrons. The van der Waals surface area contributed by atoms with Gasteiger partial charge in [-0.15, -0.1) is 0 Å². The van der Waals surface area contributed by atoms with Gasteiger partial charge < -0.3 is 15.2 Å². The highest BCUT2D eigenvalue weighted by Gasteiger charge is 2.23. The summed E-state index contributed by atoms with van der Waals surface area (Å²) < 4.78 is 5.65. The monoisotopic (exact) mass is 263 g/mol. The summed E-state index contributed by atoms with van der Waals surface area (Å²) in [5.41, 5.74) is 1.18. The van der Waals surface area contributed by atoms with Crippen LogP contribution in [0.3, 0.4) is 0 Å². The number of anilines is 1. The molecule has 2 N–H and O–H groups in total. The normalized spacial score (nSPS) is 14.8. The van der Waals surface area contributed by atoms with Crippen molar-refractivity contribution < 1.29 is 14.6 Å². The number of carbonyl (C=O) groups excluding carboxylic acids is 1. The van der Waals surface area contributed by atoms with E-state index in [0.717, 1.165) is 17.7 Å². The van der Waals surface area contributed by atoms with E-state index >= 15 is 0 Å². The minimum Gasteiger partial charge on any atom is -0.491 e. The first-order chi connectivity index (χ1) is 9.06. The van der Waals surface area contributed by atoms with Crippen LogP contribution in [0.1, 0.15) is 38.7 Å². The molecule has 0 aromatic heterocycles. The molecule has 0 bridgehead atoms.